The minimum atomic E-state index is -0.867. The van der Waals surface area contributed by atoms with Gasteiger partial charge in [-0.15, -0.1) is 0 Å². The molecule has 1 aromatic carbocycles. The van der Waals surface area contributed by atoms with E-state index in [9.17, 15) is 9.59 Å². The number of ether oxygens (including phenoxy) is 1. The predicted molar refractivity (Wildman–Crippen MR) is 82.8 cm³/mol. The van der Waals surface area contributed by atoms with Crippen molar-refractivity contribution in [2.24, 2.45) is 0 Å². The fraction of sp³-hybridized carbons (Fsp3) is 0.250. The molecular weight excluding hydrogens is 300 g/mol. The Labute approximate surface area is 132 Å². The van der Waals surface area contributed by atoms with E-state index in [1.165, 1.54) is 0 Å². The van der Waals surface area contributed by atoms with Gasteiger partial charge >= 0.3 is 5.97 Å². The lowest BCUT2D eigenvalue weighted by Crippen LogP contribution is -2.25. The van der Waals surface area contributed by atoms with Gasteiger partial charge in [0.15, 0.2) is 16.9 Å². The number of Topliss-reactive ketones (excluding diaryl/α,β-unsaturated/α-hetero) is 1. The maximum absolute atomic E-state index is 12.4. The molecule has 5 nitrogen and oxygen atoms in total. The largest absolute Gasteiger partial charge is 0.465 e. The average molecular weight is 314 g/mol. The summed E-state index contributed by atoms with van der Waals surface area (Å²) in [5.41, 5.74) is 1.90. The smallest absolute Gasteiger partial charge is 0.327 e. The highest BCUT2D eigenvalue weighted by atomic mass is 32.2. The van der Waals surface area contributed by atoms with Crippen LogP contribution >= 0.6 is 11.8 Å². The van der Waals surface area contributed by atoms with Crippen LogP contribution in [0.5, 0.6) is 0 Å². The first-order valence-electron chi connectivity index (χ1n) is 6.93. The number of fused-ring (bicyclic) bond motifs is 1. The van der Waals surface area contributed by atoms with Crippen molar-refractivity contribution in [3.63, 3.8) is 0 Å². The van der Waals surface area contributed by atoms with Gasteiger partial charge in [-0.3, -0.25) is 9.59 Å². The summed E-state index contributed by atoms with van der Waals surface area (Å²) >= 11 is 1.14. The van der Waals surface area contributed by atoms with Crippen LogP contribution in [0.15, 0.2) is 35.4 Å². The molecule has 0 amide bonds. The third-order valence-electron chi connectivity index (χ3n) is 3.30. The van der Waals surface area contributed by atoms with E-state index in [0.717, 1.165) is 17.3 Å². The van der Waals surface area contributed by atoms with E-state index in [2.05, 4.69) is 9.97 Å². The molecular formula is C16H14N2O3S. The van der Waals surface area contributed by atoms with Gasteiger partial charge in [-0.1, -0.05) is 42.1 Å². The summed E-state index contributed by atoms with van der Waals surface area (Å²) in [6, 6.07) is 9.54. The van der Waals surface area contributed by atoms with Gasteiger partial charge in [0.25, 0.3) is 0 Å². The average Bonchev–Trinajstić information content (AvgIpc) is 2.86. The van der Waals surface area contributed by atoms with Crippen molar-refractivity contribution >= 4 is 23.5 Å². The number of ketones is 1. The minimum absolute atomic E-state index is 0.249. The van der Waals surface area contributed by atoms with Crippen molar-refractivity contribution in [1.82, 2.24) is 9.97 Å². The van der Waals surface area contributed by atoms with Crippen LogP contribution in [0, 0.1) is 6.92 Å². The first-order valence-corrected chi connectivity index (χ1v) is 7.81. The molecule has 0 fully saturated rings. The van der Waals surface area contributed by atoms with Crippen LogP contribution in [0.2, 0.25) is 0 Å². The van der Waals surface area contributed by atoms with E-state index in [0.29, 0.717) is 22.1 Å². The summed E-state index contributed by atoms with van der Waals surface area (Å²) in [4.78, 5) is 33.1. The van der Waals surface area contributed by atoms with Crippen molar-refractivity contribution in [2.75, 3.05) is 6.61 Å². The Hall–Kier alpha value is -2.21. The van der Waals surface area contributed by atoms with Gasteiger partial charge in [-0.05, 0) is 13.8 Å². The summed E-state index contributed by atoms with van der Waals surface area (Å²) in [7, 11) is 0. The lowest BCUT2D eigenvalue weighted by Gasteiger charge is -2.05. The number of rotatable bonds is 3. The second-order valence-corrected chi connectivity index (χ2v) is 5.89. The zero-order valence-corrected chi connectivity index (χ0v) is 13.0. The van der Waals surface area contributed by atoms with Crippen molar-refractivity contribution < 1.29 is 14.3 Å². The molecule has 0 N–H and O–H groups in total. The molecule has 0 saturated heterocycles. The molecule has 1 aromatic heterocycles. The Kier molecular flexibility index (Phi) is 3.94. The summed E-state index contributed by atoms with van der Waals surface area (Å²) in [5, 5.41) is -0.316. The number of benzene rings is 1. The highest BCUT2D eigenvalue weighted by Crippen LogP contribution is 2.38. The summed E-state index contributed by atoms with van der Waals surface area (Å²) < 4.78 is 4.95. The second kappa shape index (κ2) is 5.88. The number of aryl methyl sites for hydroxylation is 1. The first kappa shape index (κ1) is 14.7. The van der Waals surface area contributed by atoms with E-state index in [-0.39, 0.29) is 12.4 Å². The van der Waals surface area contributed by atoms with Crippen LogP contribution in [-0.2, 0) is 9.53 Å². The van der Waals surface area contributed by atoms with Crippen molar-refractivity contribution in [1.29, 1.82) is 0 Å². The van der Waals surface area contributed by atoms with Crippen molar-refractivity contribution in [3.8, 4) is 11.4 Å². The number of hydrogen-bond donors (Lipinski definition) is 0. The normalized spacial score (nSPS) is 16.5. The molecule has 2 aromatic rings. The van der Waals surface area contributed by atoms with Crippen LogP contribution < -0.4 is 0 Å². The Balaban J connectivity index is 2.00. The fourth-order valence-electron chi connectivity index (χ4n) is 2.30. The monoisotopic (exact) mass is 314 g/mol. The summed E-state index contributed by atoms with van der Waals surface area (Å²) in [6.45, 7) is 3.73. The van der Waals surface area contributed by atoms with Gasteiger partial charge < -0.3 is 4.74 Å². The van der Waals surface area contributed by atoms with Gasteiger partial charge in [-0.25, -0.2) is 9.97 Å². The molecule has 0 bridgehead atoms. The third kappa shape index (κ3) is 2.50. The molecule has 1 aliphatic rings. The molecule has 112 valence electrons. The quantitative estimate of drug-likeness (QED) is 0.493. The molecule has 0 spiro atoms. The van der Waals surface area contributed by atoms with Crippen molar-refractivity contribution in [3.05, 3.63) is 41.6 Å². The molecule has 1 atom stereocenters. The molecule has 22 heavy (non-hydrogen) atoms. The van der Waals surface area contributed by atoms with Crippen LogP contribution in [0.4, 0.5) is 0 Å². The van der Waals surface area contributed by atoms with E-state index >= 15 is 0 Å². The molecule has 1 aliphatic heterocycles. The zero-order chi connectivity index (χ0) is 15.7. The third-order valence-corrected chi connectivity index (χ3v) is 4.46. The number of esters is 1. The SMILES string of the molecule is CCOC(=O)C1Sc2nc(-c3ccccc3)nc(C)c2C1=O. The molecule has 2 heterocycles. The van der Waals surface area contributed by atoms with Gasteiger partial charge in [0.1, 0.15) is 5.03 Å². The molecule has 3 rings (SSSR count). The highest BCUT2D eigenvalue weighted by molar-refractivity contribution is 8.02. The number of hydrogen-bond acceptors (Lipinski definition) is 6. The zero-order valence-electron chi connectivity index (χ0n) is 12.2. The highest BCUT2D eigenvalue weighted by Gasteiger charge is 2.40. The van der Waals surface area contributed by atoms with Gasteiger partial charge in [-0.2, -0.15) is 0 Å². The van der Waals surface area contributed by atoms with Crippen LogP contribution in [0.25, 0.3) is 11.4 Å². The van der Waals surface area contributed by atoms with E-state index in [1.807, 2.05) is 30.3 Å². The van der Waals surface area contributed by atoms with Crippen LogP contribution in [0.3, 0.4) is 0 Å². The number of carbonyl (C=O) groups is 2. The molecule has 0 aliphatic carbocycles. The van der Waals surface area contributed by atoms with Crippen molar-refractivity contribution in [2.45, 2.75) is 24.1 Å². The van der Waals surface area contributed by atoms with E-state index in [4.69, 9.17) is 4.74 Å². The Morgan fingerprint density at radius 3 is 2.68 bits per heavy atom. The molecule has 0 saturated carbocycles. The number of nitrogens with zero attached hydrogens (tertiary/aromatic N) is 2. The van der Waals surface area contributed by atoms with Gasteiger partial charge in [0.05, 0.1) is 17.9 Å². The van der Waals surface area contributed by atoms with E-state index < -0.39 is 11.2 Å². The lowest BCUT2D eigenvalue weighted by atomic mass is 10.1. The summed E-state index contributed by atoms with van der Waals surface area (Å²) in [5.74, 6) is -0.228. The Morgan fingerprint density at radius 1 is 1.27 bits per heavy atom. The van der Waals surface area contributed by atoms with Gasteiger partial charge in [0.2, 0.25) is 0 Å². The number of thioether (sulfide) groups is 1. The maximum Gasteiger partial charge on any atom is 0.327 e. The molecule has 6 heteroatoms. The standard InChI is InChI=1S/C16H14N2O3S/c1-3-21-16(20)13-12(19)11-9(2)17-14(18-15(11)22-13)10-7-5-4-6-8-10/h4-8,13H,3H2,1-2H3. The van der Waals surface area contributed by atoms with Gasteiger partial charge in [0, 0.05) is 5.56 Å². The predicted octanol–water partition coefficient (Wildman–Crippen LogP) is 2.67. The Bertz CT molecular complexity index is 747. The second-order valence-electron chi connectivity index (χ2n) is 4.79. The lowest BCUT2D eigenvalue weighted by molar-refractivity contribution is -0.141. The Morgan fingerprint density at radius 2 is 2.00 bits per heavy atom. The topological polar surface area (TPSA) is 69.2 Å². The molecule has 0 radical (unpaired) electrons. The van der Waals surface area contributed by atoms with Crippen LogP contribution in [-0.4, -0.2) is 33.6 Å². The number of aromatic nitrogens is 2. The molecule has 1 unspecified atom stereocenters. The summed E-state index contributed by atoms with van der Waals surface area (Å²) in [6.07, 6.45) is 0. The minimum Gasteiger partial charge on any atom is -0.465 e. The fourth-order valence-corrected chi connectivity index (χ4v) is 3.42. The van der Waals surface area contributed by atoms with E-state index in [1.54, 1.807) is 13.8 Å². The van der Waals surface area contributed by atoms with Crippen LogP contribution in [0.1, 0.15) is 23.0 Å². The first-order chi connectivity index (χ1) is 10.6. The number of carbonyl (C=O) groups excluding carboxylic acids is 2. The maximum atomic E-state index is 12.4.